The third-order valence-electron chi connectivity index (χ3n) is 9.59. The summed E-state index contributed by atoms with van der Waals surface area (Å²) < 4.78 is 82.2. The van der Waals surface area contributed by atoms with E-state index in [1.54, 1.807) is 14.2 Å². The minimum atomic E-state index is -0.160. The van der Waals surface area contributed by atoms with E-state index in [9.17, 15) is 0 Å². The molecule has 0 aliphatic carbocycles. The van der Waals surface area contributed by atoms with E-state index in [1.807, 2.05) is 92.7 Å². The summed E-state index contributed by atoms with van der Waals surface area (Å²) in [6.07, 6.45) is 3.16. The van der Waals surface area contributed by atoms with Crippen LogP contribution in [0.25, 0.3) is 0 Å². The van der Waals surface area contributed by atoms with Gasteiger partial charge in [0.25, 0.3) is 0 Å². The molecule has 0 N–H and O–H groups in total. The summed E-state index contributed by atoms with van der Waals surface area (Å²) in [4.78, 5) is 0. The maximum absolute atomic E-state index is 5.54. The lowest BCUT2D eigenvalue weighted by atomic mass is 9.86. The molecule has 378 valence electrons. The van der Waals surface area contributed by atoms with E-state index in [1.165, 1.54) is 0 Å². The van der Waals surface area contributed by atoms with Crippen LogP contribution in [0.15, 0.2) is 24.3 Å². The number of rotatable bonds is 12. The predicted molar refractivity (Wildman–Crippen MR) is 275 cm³/mol. The van der Waals surface area contributed by atoms with Crippen LogP contribution in [0.3, 0.4) is 0 Å². The van der Waals surface area contributed by atoms with Gasteiger partial charge in [-0.25, -0.2) is 0 Å². The van der Waals surface area contributed by atoms with Crippen molar-refractivity contribution in [2.24, 2.45) is 5.41 Å². The van der Waals surface area contributed by atoms with E-state index in [4.69, 9.17) is 65.2 Å². The molecule has 0 atom stereocenters. The van der Waals surface area contributed by atoms with Crippen LogP contribution in [0, 0.1) is 5.41 Å². The second-order valence-corrected chi connectivity index (χ2v) is 17.2. The molecule has 0 spiro atoms. The highest BCUT2D eigenvalue weighted by atomic mass is 16.7. The maximum atomic E-state index is 5.54. The van der Waals surface area contributed by atoms with Crippen molar-refractivity contribution in [2.75, 3.05) is 80.3 Å². The fourth-order valence-electron chi connectivity index (χ4n) is 5.25. The second-order valence-electron chi connectivity index (χ2n) is 17.2. The van der Waals surface area contributed by atoms with Gasteiger partial charge in [-0.15, -0.1) is 0 Å². The molecule has 5 aliphatic heterocycles. The minimum Gasteiger partial charge on any atom is -0.523 e. The fraction of sp³-hybridized carbons (Fsp3) is 0.857. The van der Waals surface area contributed by atoms with Crippen LogP contribution in [-0.2, 0) is 65.2 Å². The monoisotopic (exact) mass is 939 g/mol. The molecule has 4 saturated heterocycles. The largest absolute Gasteiger partial charge is 0.591 e. The van der Waals surface area contributed by atoms with Crippen LogP contribution >= 0.6 is 0 Å². The highest BCUT2D eigenvalue weighted by Crippen LogP contribution is 2.36. The zero-order valence-corrected chi connectivity index (χ0v) is 45.2. The van der Waals surface area contributed by atoms with Gasteiger partial charge in [-0.05, 0) is 128 Å². The molecule has 0 radical (unpaired) electrons. The zero-order chi connectivity index (χ0) is 50.6. The van der Waals surface area contributed by atoms with Crippen molar-refractivity contribution in [3.8, 4) is 11.5 Å². The fourth-order valence-corrected chi connectivity index (χ4v) is 5.25. The number of fused-ring (bicyclic) bond motifs is 1. The number of benzene rings is 1. The van der Waals surface area contributed by atoms with Crippen molar-refractivity contribution >= 4 is 56.9 Å². The van der Waals surface area contributed by atoms with Crippen LogP contribution in [0.5, 0.6) is 11.5 Å². The van der Waals surface area contributed by atoms with Gasteiger partial charge in [0.1, 0.15) is 11.5 Å². The topological polar surface area (TPSA) is 148 Å². The van der Waals surface area contributed by atoms with E-state index < -0.39 is 0 Å². The Morgan fingerprint density at radius 1 is 0.500 bits per heavy atom. The van der Waals surface area contributed by atoms with E-state index in [0.29, 0.717) is 0 Å². The molecule has 1 aromatic rings. The molecule has 0 aromatic heterocycles. The van der Waals surface area contributed by atoms with Crippen molar-refractivity contribution in [2.45, 2.75) is 154 Å². The van der Waals surface area contributed by atoms with E-state index in [2.05, 4.69) is 64.7 Å². The Hall–Kier alpha value is -1.22. The summed E-state index contributed by atoms with van der Waals surface area (Å²) in [5, 5.41) is 0. The van der Waals surface area contributed by atoms with Gasteiger partial charge in [0.2, 0.25) is 0 Å². The van der Waals surface area contributed by atoms with Crippen LogP contribution in [0.4, 0.5) is 0 Å². The molecule has 5 aliphatic rings. The van der Waals surface area contributed by atoms with E-state index >= 15 is 0 Å². The number of hydrogen-bond acceptors (Lipinski definition) is 16. The number of hydrogen-bond donors (Lipinski definition) is 0. The van der Waals surface area contributed by atoms with Crippen molar-refractivity contribution in [3.63, 3.8) is 0 Å². The molecular weight excluding hydrogens is 847 g/mol. The van der Waals surface area contributed by atoms with Crippen LogP contribution in [-0.4, -0.2) is 148 Å². The smallest absolute Gasteiger partial charge is 0.523 e. The molecule has 66 heavy (non-hydrogen) atoms. The molecule has 0 saturated carbocycles. The molecule has 0 amide bonds. The Labute approximate surface area is 406 Å². The third kappa shape index (κ3) is 35.8. The van der Waals surface area contributed by atoms with E-state index in [-0.39, 0.29) is 73.6 Å². The lowest BCUT2D eigenvalue weighted by molar-refractivity contribution is 0.00578. The number of para-hydroxylation sites is 2. The lowest BCUT2D eigenvalue weighted by Crippen LogP contribution is -2.41. The normalized spacial score (nSPS) is 18.0. The molecule has 16 nitrogen and oxygen atoms in total. The Morgan fingerprint density at radius 2 is 0.864 bits per heavy atom. The molecule has 0 unspecified atom stereocenters. The Kier molecular flexibility index (Phi) is 40.0. The van der Waals surface area contributed by atoms with Crippen LogP contribution < -0.4 is 9.31 Å². The minimum absolute atomic E-state index is 0.00183. The first kappa shape index (κ1) is 66.9. The predicted octanol–water partition coefficient (Wildman–Crippen LogP) is 8.69. The molecule has 24 heteroatoms. The molecule has 0 bridgehead atoms. The molecule has 1 aromatic carbocycles. The average Bonchev–Trinajstić information content (AvgIpc) is 3.96. The summed E-state index contributed by atoms with van der Waals surface area (Å²) in [7, 11) is 2.97. The highest BCUT2D eigenvalue weighted by molar-refractivity contribution is 6.46. The summed E-state index contributed by atoms with van der Waals surface area (Å²) in [5.74, 6) is 1.69. The lowest BCUT2D eigenvalue weighted by Gasteiger charge is -2.32. The Bertz CT molecular complexity index is 1190. The SMILES string of the molecule is CB1OC(C)(C)C(C)(C)O1.CB1OCC(C)(C)CO1.CB1OCCCO1.CB1OCCO1.CB1Oc2ccccc2O1.CCCOB(C)OCCC.CCOB(C)OCC.COB(C)OC. The maximum Gasteiger partial charge on any atom is 0.591 e. The van der Waals surface area contributed by atoms with Crippen molar-refractivity contribution in [3.05, 3.63) is 24.3 Å². The summed E-state index contributed by atoms with van der Waals surface area (Å²) in [5.41, 5.74) is -0.106. The van der Waals surface area contributed by atoms with Gasteiger partial charge in [-0.3, -0.25) is 0 Å². The van der Waals surface area contributed by atoms with E-state index in [0.717, 1.165) is 96.8 Å². The van der Waals surface area contributed by atoms with Crippen LogP contribution in [0.2, 0.25) is 54.6 Å². The van der Waals surface area contributed by atoms with Gasteiger partial charge in [0.05, 0.1) is 24.4 Å². The van der Waals surface area contributed by atoms with Crippen molar-refractivity contribution < 1.29 is 74.5 Å². The van der Waals surface area contributed by atoms with Gasteiger partial charge in [-0.2, -0.15) is 0 Å². The Morgan fingerprint density at radius 3 is 1.11 bits per heavy atom. The van der Waals surface area contributed by atoms with Crippen molar-refractivity contribution in [1.29, 1.82) is 0 Å². The first-order valence-corrected chi connectivity index (χ1v) is 24.0. The molecule has 4 fully saturated rings. The summed E-state index contributed by atoms with van der Waals surface area (Å²) in [6, 6.07) is 7.66. The van der Waals surface area contributed by atoms with Gasteiger partial charge in [-0.1, -0.05) is 39.8 Å². The standard InChI is InChI=1S/C7H7BO2.C7H15BO2.C7H17BO2.C6H13BO2.C5H13BO2.C4H9BO2.C3H7BO2.C3H9BO2/c1-8-9-6-4-2-3-5-7(6)10-8;1-6(2)7(3,4)10-8(5)9-6;1-4-6-9-8(3)10-7-5-2;1-6(2)4-8-7(3)9-5-6;1-4-7-6(3)8-5-2;1-5-6-3-2-4-7-5;1-4-5-2-3-6-4;1-4(5-2)6-3/h2-5H,1H3;1-5H3;4-7H2,1-3H3;4-5H2,1-3H3;4-5H2,1-3H3;2-4H2,1H3;2-3H2,1H3;1-3H3. The Balaban J connectivity index is 0. The summed E-state index contributed by atoms with van der Waals surface area (Å²) in [6.45, 7) is 43.7. The first-order valence-electron chi connectivity index (χ1n) is 24.0. The highest BCUT2D eigenvalue weighted by Gasteiger charge is 2.48. The van der Waals surface area contributed by atoms with Crippen LogP contribution in [0.1, 0.15) is 88.5 Å². The van der Waals surface area contributed by atoms with Gasteiger partial charge < -0.3 is 74.5 Å². The van der Waals surface area contributed by atoms with Gasteiger partial charge in [0.15, 0.2) is 0 Å². The quantitative estimate of drug-likeness (QED) is 0.184. The molecular formula is C42H90B8O16. The van der Waals surface area contributed by atoms with Crippen molar-refractivity contribution in [1.82, 2.24) is 0 Å². The second kappa shape index (κ2) is 39.5. The first-order chi connectivity index (χ1) is 31.0. The zero-order valence-electron chi connectivity index (χ0n) is 45.2. The van der Waals surface area contributed by atoms with Gasteiger partial charge >= 0.3 is 56.9 Å². The summed E-state index contributed by atoms with van der Waals surface area (Å²) >= 11 is 0. The molecule has 5 heterocycles. The third-order valence-corrected chi connectivity index (χ3v) is 9.59. The average molecular weight is 938 g/mol. The van der Waals surface area contributed by atoms with Gasteiger partial charge in [0, 0.05) is 72.5 Å². The molecule has 6 rings (SSSR count).